The van der Waals surface area contributed by atoms with Gasteiger partial charge >= 0.3 is 0 Å². The predicted octanol–water partition coefficient (Wildman–Crippen LogP) is 2.92. The molecule has 0 bridgehead atoms. The van der Waals surface area contributed by atoms with Crippen molar-refractivity contribution in [1.29, 1.82) is 0 Å². The molecule has 2 rings (SSSR count). The third-order valence-corrected chi connectivity index (χ3v) is 3.12. The van der Waals surface area contributed by atoms with Crippen molar-refractivity contribution in [2.24, 2.45) is 5.92 Å². The van der Waals surface area contributed by atoms with Gasteiger partial charge in [-0.05, 0) is 44.7 Å². The number of hydrogen-bond donors (Lipinski definition) is 1. The Bertz CT molecular complexity index is 387. The molecule has 0 spiro atoms. The second-order valence-corrected chi connectivity index (χ2v) is 4.83. The predicted molar refractivity (Wildman–Crippen MR) is 64.6 cm³/mol. The number of nitrogens with zero attached hydrogens (tertiary/aromatic N) is 1. The molecule has 15 heavy (non-hydrogen) atoms. The van der Waals surface area contributed by atoms with Crippen molar-refractivity contribution >= 4 is 6.20 Å². The molecule has 2 nitrogen and oxygen atoms in total. The van der Waals surface area contributed by atoms with Crippen molar-refractivity contribution in [2.75, 3.05) is 0 Å². The molecular weight excluding hydrogens is 184 g/mol. The molecule has 0 aliphatic carbocycles. The topological polar surface area (TPSA) is 17.0 Å². The third kappa shape index (κ3) is 2.09. The van der Waals surface area contributed by atoms with Gasteiger partial charge in [0.25, 0.3) is 0 Å². The first-order valence-electron chi connectivity index (χ1n) is 5.69. The highest BCUT2D eigenvalue weighted by molar-refractivity contribution is 5.37. The van der Waals surface area contributed by atoms with Gasteiger partial charge in [0.2, 0.25) is 0 Å². The van der Waals surface area contributed by atoms with E-state index in [-0.39, 0.29) is 0 Å². The largest absolute Gasteiger partial charge is 0.384 e. The van der Waals surface area contributed by atoms with Crippen molar-refractivity contribution < 1.29 is 0 Å². The van der Waals surface area contributed by atoms with Gasteiger partial charge in [0.15, 0.2) is 0 Å². The summed E-state index contributed by atoms with van der Waals surface area (Å²) < 4.78 is 2.21. The van der Waals surface area contributed by atoms with Crippen LogP contribution in [0, 0.1) is 19.8 Å². The van der Waals surface area contributed by atoms with Gasteiger partial charge in [-0.3, -0.25) is 0 Å². The van der Waals surface area contributed by atoms with Crippen LogP contribution < -0.4 is 5.32 Å². The molecule has 2 unspecified atom stereocenters. The van der Waals surface area contributed by atoms with Gasteiger partial charge in [-0.25, -0.2) is 0 Å². The summed E-state index contributed by atoms with van der Waals surface area (Å²) in [5.41, 5.74) is 3.98. The Kier molecular flexibility index (Phi) is 2.59. The number of aromatic nitrogens is 1. The molecular formula is C13H20N2. The minimum absolute atomic E-state index is 0.614. The van der Waals surface area contributed by atoms with E-state index < -0.39 is 0 Å². The van der Waals surface area contributed by atoms with Gasteiger partial charge in [0.1, 0.15) is 0 Å². The van der Waals surface area contributed by atoms with Crippen LogP contribution in [0.15, 0.2) is 18.0 Å². The normalized spacial score (nSPS) is 28.4. The van der Waals surface area contributed by atoms with Crippen molar-refractivity contribution in [3.05, 3.63) is 29.2 Å². The summed E-state index contributed by atoms with van der Waals surface area (Å²) >= 11 is 0. The van der Waals surface area contributed by atoms with E-state index in [1.807, 2.05) is 0 Å². The zero-order valence-corrected chi connectivity index (χ0v) is 10.0. The molecule has 0 radical (unpaired) electrons. The number of allylic oxidation sites excluding steroid dienone is 1. The molecule has 82 valence electrons. The van der Waals surface area contributed by atoms with Crippen molar-refractivity contribution in [3.8, 4) is 0 Å². The Labute approximate surface area is 92.0 Å². The van der Waals surface area contributed by atoms with E-state index in [0.717, 1.165) is 0 Å². The summed E-state index contributed by atoms with van der Waals surface area (Å²) in [6.07, 6.45) is 5.65. The van der Waals surface area contributed by atoms with E-state index in [9.17, 15) is 0 Å². The summed E-state index contributed by atoms with van der Waals surface area (Å²) in [5.74, 6) is 0.655. The van der Waals surface area contributed by atoms with Crippen LogP contribution >= 0.6 is 0 Å². The van der Waals surface area contributed by atoms with Gasteiger partial charge in [-0.2, -0.15) is 0 Å². The fourth-order valence-electron chi connectivity index (χ4n) is 2.36. The van der Waals surface area contributed by atoms with Gasteiger partial charge in [0, 0.05) is 29.8 Å². The van der Waals surface area contributed by atoms with Gasteiger partial charge in [0.05, 0.1) is 0 Å². The minimum Gasteiger partial charge on any atom is -0.384 e. The lowest BCUT2D eigenvalue weighted by Crippen LogP contribution is -2.16. The second-order valence-electron chi connectivity index (χ2n) is 4.83. The highest BCUT2D eigenvalue weighted by Gasteiger charge is 2.21. The van der Waals surface area contributed by atoms with Crippen molar-refractivity contribution in [3.63, 3.8) is 0 Å². The maximum absolute atomic E-state index is 3.53. The summed E-state index contributed by atoms with van der Waals surface area (Å²) in [7, 11) is 0. The molecule has 2 heteroatoms. The Morgan fingerprint density at radius 3 is 2.60 bits per heavy atom. The number of aryl methyl sites for hydroxylation is 2. The average Bonchev–Trinajstić information content (AvgIpc) is 2.58. The van der Waals surface area contributed by atoms with Crippen LogP contribution in [0.4, 0.5) is 0 Å². The number of nitrogens with one attached hydrogen (secondary N) is 1. The van der Waals surface area contributed by atoms with E-state index in [0.29, 0.717) is 12.0 Å². The fraction of sp³-hybridized carbons (Fsp3) is 0.538. The highest BCUT2D eigenvalue weighted by atomic mass is 15.0. The lowest BCUT2D eigenvalue weighted by Gasteiger charge is -2.07. The maximum atomic E-state index is 3.53. The van der Waals surface area contributed by atoms with Crippen LogP contribution in [0.3, 0.4) is 0 Å². The van der Waals surface area contributed by atoms with Crippen LogP contribution in [0.2, 0.25) is 0 Å². The van der Waals surface area contributed by atoms with Crippen LogP contribution in [0.25, 0.3) is 6.20 Å². The average molecular weight is 204 g/mol. The molecule has 1 saturated heterocycles. The summed E-state index contributed by atoms with van der Waals surface area (Å²) in [6.45, 7) is 8.81. The Hall–Kier alpha value is -1.18. The third-order valence-electron chi connectivity index (χ3n) is 3.12. The molecule has 0 saturated carbocycles. The maximum Gasteiger partial charge on any atom is 0.0307 e. The zero-order chi connectivity index (χ0) is 11.0. The molecule has 1 aliphatic rings. The second kappa shape index (κ2) is 3.76. The quantitative estimate of drug-likeness (QED) is 0.744. The highest BCUT2D eigenvalue weighted by Crippen LogP contribution is 2.24. The van der Waals surface area contributed by atoms with E-state index in [2.05, 4.69) is 56.0 Å². The van der Waals surface area contributed by atoms with Crippen LogP contribution in [0.1, 0.15) is 31.5 Å². The van der Waals surface area contributed by atoms with Gasteiger partial charge < -0.3 is 9.88 Å². The summed E-state index contributed by atoms with van der Waals surface area (Å²) in [4.78, 5) is 0. The number of hydrogen-bond acceptors (Lipinski definition) is 1. The molecule has 0 amide bonds. The Morgan fingerprint density at radius 1 is 1.40 bits per heavy atom. The van der Waals surface area contributed by atoms with E-state index in [1.54, 1.807) is 0 Å². The summed E-state index contributed by atoms with van der Waals surface area (Å²) in [5, 5.41) is 3.53. The Morgan fingerprint density at radius 2 is 2.13 bits per heavy atom. The Balaban J connectivity index is 2.26. The van der Waals surface area contributed by atoms with Crippen molar-refractivity contribution in [1.82, 2.24) is 9.88 Å². The standard InChI is InChI=1S/C13H20N2/c1-9-5-12(4)15(7-9)8-13-10(2)6-11(3)14-13/h5,7-8,10-11,14H,6H2,1-4H3/b13-8+. The van der Waals surface area contributed by atoms with Gasteiger partial charge in [-0.1, -0.05) is 6.92 Å². The first-order chi connectivity index (χ1) is 7.06. The molecule has 1 aromatic heterocycles. The SMILES string of the molecule is Cc1cc(C)n(/C=C2/NC(C)CC2C)c1. The molecule has 0 aromatic carbocycles. The van der Waals surface area contributed by atoms with Crippen LogP contribution in [-0.4, -0.2) is 10.6 Å². The first-order valence-corrected chi connectivity index (χ1v) is 5.69. The first kappa shape index (κ1) is 10.3. The van der Waals surface area contributed by atoms with E-state index in [1.165, 1.54) is 23.4 Å². The summed E-state index contributed by atoms with van der Waals surface area (Å²) in [6, 6.07) is 2.82. The van der Waals surface area contributed by atoms with Gasteiger partial charge in [-0.15, -0.1) is 0 Å². The molecule has 1 N–H and O–H groups in total. The molecule has 1 fully saturated rings. The molecule has 1 aromatic rings. The number of rotatable bonds is 1. The lowest BCUT2D eigenvalue weighted by atomic mass is 10.1. The molecule has 2 heterocycles. The molecule has 2 atom stereocenters. The van der Waals surface area contributed by atoms with Crippen molar-refractivity contribution in [2.45, 2.75) is 40.2 Å². The smallest absolute Gasteiger partial charge is 0.0307 e. The molecule has 1 aliphatic heterocycles. The van der Waals surface area contributed by atoms with Crippen LogP contribution in [0.5, 0.6) is 0 Å². The lowest BCUT2D eigenvalue weighted by molar-refractivity contribution is 0.628. The van der Waals surface area contributed by atoms with Crippen LogP contribution in [-0.2, 0) is 0 Å². The fourth-order valence-corrected chi connectivity index (χ4v) is 2.36. The minimum atomic E-state index is 0.614. The zero-order valence-electron chi connectivity index (χ0n) is 10.0. The van der Waals surface area contributed by atoms with E-state index >= 15 is 0 Å². The van der Waals surface area contributed by atoms with E-state index in [4.69, 9.17) is 0 Å². The monoisotopic (exact) mass is 204 g/mol.